The van der Waals surface area contributed by atoms with Gasteiger partial charge in [-0.15, -0.1) is 0 Å². The van der Waals surface area contributed by atoms with Crippen LogP contribution in [0.15, 0.2) is 42.5 Å². The molecule has 0 radical (unpaired) electrons. The number of rotatable bonds is 12. The number of nitrogens with zero attached hydrogens (tertiary/aromatic N) is 1. The molecule has 1 aromatic rings. The number of hydrogen-bond acceptors (Lipinski definition) is 5. The molecule has 188 valence electrons. The predicted molar refractivity (Wildman–Crippen MR) is 122 cm³/mol. The zero-order valence-corrected chi connectivity index (χ0v) is 19.9. The number of carbonyl (C=O) groups excluding carboxylic acids is 2. The number of hydrogen-bond donors (Lipinski definition) is 3. The van der Waals surface area contributed by atoms with Crippen LogP contribution in [0.4, 0.5) is 13.6 Å². The van der Waals surface area contributed by atoms with Crippen molar-refractivity contribution in [1.82, 2.24) is 14.9 Å². The van der Waals surface area contributed by atoms with Gasteiger partial charge >= 0.3 is 12.0 Å². The number of benzene rings is 1. The van der Waals surface area contributed by atoms with Gasteiger partial charge < -0.3 is 15.3 Å². The highest BCUT2D eigenvalue weighted by atomic mass is 32.2. The fraction of sp³-hybridized carbons (Fsp3) is 0.565. The summed E-state index contributed by atoms with van der Waals surface area (Å²) in [6.07, 6.45) is 5.38. The Balaban J connectivity index is 1.50. The van der Waals surface area contributed by atoms with Crippen molar-refractivity contribution in [3.05, 3.63) is 48.0 Å². The number of aliphatic hydroxyl groups excluding tert-OH is 1. The third-order valence-corrected chi connectivity index (χ3v) is 7.01. The first kappa shape index (κ1) is 26.1. The Morgan fingerprint density at radius 1 is 1.32 bits per heavy atom. The van der Waals surface area contributed by atoms with Gasteiger partial charge in [-0.05, 0) is 37.5 Å². The Morgan fingerprint density at radius 3 is 2.62 bits per heavy atom. The zero-order chi connectivity index (χ0) is 25.0. The van der Waals surface area contributed by atoms with Gasteiger partial charge in [0.2, 0.25) is 15.9 Å². The summed E-state index contributed by atoms with van der Waals surface area (Å²) < 4.78 is 53.3. The smallest absolute Gasteiger partial charge is 0.318 e. The van der Waals surface area contributed by atoms with Crippen molar-refractivity contribution in [1.29, 1.82) is 0 Å². The van der Waals surface area contributed by atoms with Crippen LogP contribution >= 0.6 is 0 Å². The van der Waals surface area contributed by atoms with E-state index in [-0.39, 0.29) is 30.0 Å². The van der Waals surface area contributed by atoms with Gasteiger partial charge in [-0.25, -0.2) is 13.2 Å². The van der Waals surface area contributed by atoms with Crippen LogP contribution in [-0.2, 0) is 20.7 Å². The van der Waals surface area contributed by atoms with E-state index in [0.29, 0.717) is 19.4 Å². The van der Waals surface area contributed by atoms with Crippen LogP contribution in [0, 0.1) is 5.41 Å². The lowest BCUT2D eigenvalue weighted by molar-refractivity contribution is -0.119. The highest BCUT2D eigenvalue weighted by molar-refractivity contribution is 7.89. The van der Waals surface area contributed by atoms with E-state index in [1.54, 1.807) is 11.0 Å². The highest BCUT2D eigenvalue weighted by Crippen LogP contribution is 2.53. The summed E-state index contributed by atoms with van der Waals surface area (Å²) in [5, 5.41) is 12.8. The topological polar surface area (TPSA) is 116 Å². The fourth-order valence-corrected chi connectivity index (χ4v) is 4.76. The molecule has 1 aromatic carbocycles. The number of nitrogens with one attached hydrogen (secondary N) is 2. The zero-order valence-electron chi connectivity index (χ0n) is 19.0. The highest BCUT2D eigenvalue weighted by Gasteiger charge is 2.42. The first-order chi connectivity index (χ1) is 15.9. The van der Waals surface area contributed by atoms with Gasteiger partial charge in [-0.2, -0.15) is 8.78 Å². The molecule has 2 atom stereocenters. The van der Waals surface area contributed by atoms with Crippen molar-refractivity contribution in [2.45, 2.75) is 56.6 Å². The van der Waals surface area contributed by atoms with E-state index < -0.39 is 34.0 Å². The van der Waals surface area contributed by atoms with E-state index in [1.807, 2.05) is 4.72 Å². The number of sulfonamides is 1. The van der Waals surface area contributed by atoms with Crippen LogP contribution in [0.1, 0.15) is 44.1 Å². The van der Waals surface area contributed by atoms with E-state index in [2.05, 4.69) is 5.32 Å². The molecule has 34 heavy (non-hydrogen) atoms. The molecule has 0 spiro atoms. The van der Waals surface area contributed by atoms with Crippen molar-refractivity contribution in [2.75, 3.05) is 19.3 Å². The summed E-state index contributed by atoms with van der Waals surface area (Å²) in [6, 6.07) is 6.33. The molecule has 0 bridgehead atoms. The molecule has 1 saturated carbocycles. The minimum atomic E-state index is -3.57. The van der Waals surface area contributed by atoms with Crippen LogP contribution in [0.25, 0.3) is 0 Å². The van der Waals surface area contributed by atoms with Gasteiger partial charge in [-0.3, -0.25) is 9.52 Å². The number of urea groups is 1. The van der Waals surface area contributed by atoms with E-state index in [4.69, 9.17) is 0 Å². The Hall–Kier alpha value is -2.53. The molecule has 2 aliphatic rings. The second kappa shape index (κ2) is 10.4. The standard InChI is InChI=1S/C23H31F2N3O5S/c1-34(32,33)27-20(30)10-12-22(13-14-22)11-5-15-28-18(16-26-21(28)31)8-9-19(29)23(24,25)17-6-3-2-4-7-17/h2-4,6-9,18-19,29H,5,10-16H2,1H3,(H,26,31)(H,27,30). The van der Waals surface area contributed by atoms with Crippen LogP contribution in [0.5, 0.6) is 0 Å². The molecule has 2 unspecified atom stereocenters. The molecule has 1 aliphatic heterocycles. The second-order valence-electron chi connectivity index (χ2n) is 9.17. The monoisotopic (exact) mass is 499 g/mol. The summed E-state index contributed by atoms with van der Waals surface area (Å²) >= 11 is 0. The molecule has 3 amide bonds. The SMILES string of the molecule is CS(=O)(=O)NC(=O)CCC1(CCCN2C(=O)NCC2C=CC(O)C(F)(F)c2ccccc2)CC1. The number of amides is 3. The fourth-order valence-electron chi connectivity index (χ4n) is 4.24. The molecular formula is C23H31F2N3O5S. The summed E-state index contributed by atoms with van der Waals surface area (Å²) in [6.45, 7) is 0.666. The summed E-state index contributed by atoms with van der Waals surface area (Å²) in [4.78, 5) is 25.5. The molecule has 3 N–H and O–H groups in total. The maximum atomic E-state index is 14.5. The van der Waals surface area contributed by atoms with Crippen LogP contribution in [-0.4, -0.2) is 61.9 Å². The summed E-state index contributed by atoms with van der Waals surface area (Å²) in [7, 11) is -3.57. The number of halogens is 2. The second-order valence-corrected chi connectivity index (χ2v) is 10.9. The molecule has 1 aliphatic carbocycles. The van der Waals surface area contributed by atoms with Crippen LogP contribution in [0.3, 0.4) is 0 Å². The lowest BCUT2D eigenvalue weighted by atomic mass is 9.94. The van der Waals surface area contributed by atoms with Crippen molar-refractivity contribution in [3.8, 4) is 0 Å². The maximum absolute atomic E-state index is 14.5. The molecule has 11 heteroatoms. The molecule has 3 rings (SSSR count). The molecule has 2 fully saturated rings. The Labute approximate surface area is 198 Å². The minimum absolute atomic E-state index is 0.0235. The molecular weight excluding hydrogens is 468 g/mol. The van der Waals surface area contributed by atoms with Crippen LogP contribution < -0.4 is 10.0 Å². The summed E-state index contributed by atoms with van der Waals surface area (Å²) in [5.74, 6) is -3.98. The van der Waals surface area contributed by atoms with Gasteiger partial charge in [0.15, 0.2) is 0 Å². The van der Waals surface area contributed by atoms with E-state index >= 15 is 0 Å². The van der Waals surface area contributed by atoms with Crippen molar-refractivity contribution in [2.24, 2.45) is 5.41 Å². The maximum Gasteiger partial charge on any atom is 0.318 e. The van der Waals surface area contributed by atoms with Crippen molar-refractivity contribution < 1.29 is 31.9 Å². The van der Waals surface area contributed by atoms with Gasteiger partial charge in [0.1, 0.15) is 6.10 Å². The third kappa shape index (κ3) is 6.99. The predicted octanol–water partition coefficient (Wildman–Crippen LogP) is 2.51. The quantitative estimate of drug-likeness (QED) is 0.382. The minimum Gasteiger partial charge on any atom is -0.382 e. The van der Waals surface area contributed by atoms with E-state index in [9.17, 15) is 31.9 Å². The van der Waals surface area contributed by atoms with Gasteiger partial charge in [0.25, 0.3) is 0 Å². The normalized spacial score (nSPS) is 20.9. The average molecular weight is 500 g/mol. The molecule has 8 nitrogen and oxygen atoms in total. The molecule has 1 saturated heterocycles. The summed E-state index contributed by atoms with van der Waals surface area (Å²) in [5.41, 5.74) is -0.311. The van der Waals surface area contributed by atoms with Gasteiger partial charge in [0, 0.05) is 25.1 Å². The van der Waals surface area contributed by atoms with E-state index in [0.717, 1.165) is 31.6 Å². The van der Waals surface area contributed by atoms with Crippen molar-refractivity contribution >= 4 is 22.0 Å². The Morgan fingerprint density at radius 2 is 2.00 bits per heavy atom. The largest absolute Gasteiger partial charge is 0.382 e. The Kier molecular flexibility index (Phi) is 7.97. The van der Waals surface area contributed by atoms with Gasteiger partial charge in [-0.1, -0.05) is 42.5 Å². The van der Waals surface area contributed by atoms with Crippen LogP contribution in [0.2, 0.25) is 0 Å². The number of carbonyl (C=O) groups is 2. The first-order valence-electron chi connectivity index (χ1n) is 11.3. The average Bonchev–Trinajstić information content (AvgIpc) is 3.46. The lowest BCUT2D eigenvalue weighted by Crippen LogP contribution is -2.35. The number of alkyl halides is 2. The van der Waals surface area contributed by atoms with Crippen molar-refractivity contribution in [3.63, 3.8) is 0 Å². The molecule has 1 heterocycles. The Bertz CT molecular complexity index is 1010. The van der Waals surface area contributed by atoms with Gasteiger partial charge in [0.05, 0.1) is 12.3 Å². The first-order valence-corrected chi connectivity index (χ1v) is 13.2. The lowest BCUT2D eigenvalue weighted by Gasteiger charge is -2.24. The molecule has 0 aromatic heterocycles. The number of aliphatic hydroxyl groups is 1. The van der Waals surface area contributed by atoms with E-state index in [1.165, 1.54) is 30.3 Å². The third-order valence-electron chi connectivity index (χ3n) is 6.41.